The molecule has 8 nitrogen and oxygen atoms in total. The summed E-state index contributed by atoms with van der Waals surface area (Å²) in [6, 6.07) is -1.01. The maximum Gasteiger partial charge on any atom is 0.407 e. The smallest absolute Gasteiger partial charge is 0.407 e. The minimum atomic E-state index is -0.786. The van der Waals surface area contributed by atoms with Gasteiger partial charge in [0.2, 0.25) is 11.8 Å². The average Bonchev–Trinajstić information content (AvgIpc) is 3.33. The van der Waals surface area contributed by atoms with Crippen molar-refractivity contribution >= 4 is 29.7 Å². The number of rotatable bonds is 12. The van der Waals surface area contributed by atoms with Crippen molar-refractivity contribution in [1.29, 1.82) is 0 Å². The number of alkyl carbamates (subject to hydrolysis) is 1. The van der Waals surface area contributed by atoms with E-state index < -0.39 is 22.9 Å². The van der Waals surface area contributed by atoms with Gasteiger partial charge in [-0.15, -0.1) is 11.8 Å². The highest BCUT2D eigenvalue weighted by Crippen LogP contribution is 2.36. The van der Waals surface area contributed by atoms with E-state index in [1.165, 1.54) is 0 Å². The van der Waals surface area contributed by atoms with Crippen LogP contribution in [0.2, 0.25) is 0 Å². The Morgan fingerprint density at radius 2 is 1.74 bits per heavy atom. The highest BCUT2D eigenvalue weighted by Gasteiger charge is 2.45. The van der Waals surface area contributed by atoms with Gasteiger partial charge in [0.25, 0.3) is 0 Å². The molecule has 4 N–H and O–H groups in total. The van der Waals surface area contributed by atoms with Crippen LogP contribution >= 0.6 is 11.8 Å². The molecule has 0 spiro atoms. The van der Waals surface area contributed by atoms with Gasteiger partial charge in [-0.25, -0.2) is 4.79 Å². The van der Waals surface area contributed by atoms with Crippen molar-refractivity contribution in [3.05, 3.63) is 0 Å². The van der Waals surface area contributed by atoms with Crippen molar-refractivity contribution in [2.45, 2.75) is 121 Å². The lowest BCUT2D eigenvalue weighted by atomic mass is 9.86. The number of likely N-dealkylation sites (tertiary alicyclic amines) is 1. The number of nitrogens with one attached hydrogen (secondary N) is 2. The van der Waals surface area contributed by atoms with Gasteiger partial charge in [0, 0.05) is 29.1 Å². The number of amides is 3. The zero-order chi connectivity index (χ0) is 26.0. The van der Waals surface area contributed by atoms with Gasteiger partial charge in [-0.2, -0.15) is 0 Å². The third kappa shape index (κ3) is 8.85. The van der Waals surface area contributed by atoms with Crippen LogP contribution in [0.15, 0.2) is 0 Å². The summed E-state index contributed by atoms with van der Waals surface area (Å²) in [6.45, 7) is 11.6. The first kappa shape index (κ1) is 29.7. The first-order chi connectivity index (χ1) is 16.6. The van der Waals surface area contributed by atoms with Crippen LogP contribution < -0.4 is 16.4 Å². The summed E-state index contributed by atoms with van der Waals surface area (Å²) in [5.74, 6) is 0.147. The SMILES string of the molecule is CCCOC(=O)N[C@@H](C(=O)N1CCC[C@H]1C(=O)NC[C@H]1CC[C@H](N)CC1)C(C)(C)SC(CC)CC. The molecule has 2 atom stereocenters. The predicted molar refractivity (Wildman–Crippen MR) is 142 cm³/mol. The molecule has 2 aliphatic rings. The van der Waals surface area contributed by atoms with Crippen LogP contribution in [0, 0.1) is 5.92 Å². The van der Waals surface area contributed by atoms with E-state index >= 15 is 0 Å². The fraction of sp³-hybridized carbons (Fsp3) is 0.885. The van der Waals surface area contributed by atoms with Crippen LogP contribution in [0.5, 0.6) is 0 Å². The van der Waals surface area contributed by atoms with E-state index in [2.05, 4.69) is 24.5 Å². The molecule has 35 heavy (non-hydrogen) atoms. The zero-order valence-electron chi connectivity index (χ0n) is 22.4. The van der Waals surface area contributed by atoms with Crippen LogP contribution in [-0.4, -0.2) is 70.6 Å². The molecule has 0 aromatic heterocycles. The summed E-state index contributed by atoms with van der Waals surface area (Å²) < 4.78 is 4.69. The second kappa shape index (κ2) is 14.3. The molecule has 0 aromatic carbocycles. The van der Waals surface area contributed by atoms with Crippen molar-refractivity contribution in [1.82, 2.24) is 15.5 Å². The largest absolute Gasteiger partial charge is 0.450 e. The molecule has 0 radical (unpaired) electrons. The van der Waals surface area contributed by atoms with E-state index in [0.717, 1.165) is 44.9 Å². The Morgan fingerprint density at radius 3 is 2.34 bits per heavy atom. The second-order valence-corrected chi connectivity index (χ2v) is 12.5. The van der Waals surface area contributed by atoms with Crippen molar-refractivity contribution in [3.8, 4) is 0 Å². The van der Waals surface area contributed by atoms with E-state index in [-0.39, 0.29) is 17.9 Å². The molecule has 202 valence electrons. The Labute approximate surface area is 216 Å². The molecule has 1 heterocycles. The van der Waals surface area contributed by atoms with Gasteiger partial charge in [0.05, 0.1) is 6.61 Å². The lowest BCUT2D eigenvalue weighted by Gasteiger charge is -2.38. The molecular formula is C26H48N4O4S. The van der Waals surface area contributed by atoms with Gasteiger partial charge < -0.3 is 26.0 Å². The predicted octanol–water partition coefficient (Wildman–Crippen LogP) is 3.82. The summed E-state index contributed by atoms with van der Waals surface area (Å²) in [6.07, 6.45) is 7.55. The molecule has 0 unspecified atom stereocenters. The summed E-state index contributed by atoms with van der Waals surface area (Å²) in [5.41, 5.74) is 6.00. The number of carbonyl (C=O) groups excluding carboxylic acids is 3. The van der Waals surface area contributed by atoms with Gasteiger partial charge in [0.1, 0.15) is 12.1 Å². The molecular weight excluding hydrogens is 464 g/mol. The molecule has 1 saturated heterocycles. The monoisotopic (exact) mass is 512 g/mol. The number of hydrogen-bond donors (Lipinski definition) is 3. The molecule has 1 aliphatic heterocycles. The Balaban J connectivity index is 2.11. The van der Waals surface area contributed by atoms with E-state index in [1.54, 1.807) is 16.7 Å². The molecule has 1 aliphatic carbocycles. The lowest BCUT2D eigenvalue weighted by molar-refractivity contribution is -0.140. The summed E-state index contributed by atoms with van der Waals surface area (Å²) in [5, 5.41) is 6.32. The van der Waals surface area contributed by atoms with Gasteiger partial charge in [-0.1, -0.05) is 20.8 Å². The molecule has 1 saturated carbocycles. The van der Waals surface area contributed by atoms with Crippen LogP contribution in [0.25, 0.3) is 0 Å². The maximum atomic E-state index is 13.9. The first-order valence-corrected chi connectivity index (χ1v) is 14.5. The summed E-state index contributed by atoms with van der Waals surface area (Å²) in [4.78, 5) is 41.2. The quantitative estimate of drug-likeness (QED) is 0.366. The molecule has 0 aromatic rings. The number of nitrogens with zero attached hydrogens (tertiary/aromatic N) is 1. The fourth-order valence-corrected chi connectivity index (χ4v) is 6.55. The van der Waals surface area contributed by atoms with Crippen molar-refractivity contribution in [2.24, 2.45) is 11.7 Å². The third-order valence-corrected chi connectivity index (χ3v) is 9.16. The minimum absolute atomic E-state index is 0.0940. The van der Waals surface area contributed by atoms with Gasteiger partial charge in [0.15, 0.2) is 0 Å². The Bertz CT molecular complexity index is 693. The number of carbonyl (C=O) groups is 3. The van der Waals surface area contributed by atoms with Gasteiger partial charge >= 0.3 is 6.09 Å². The van der Waals surface area contributed by atoms with Gasteiger partial charge in [-0.3, -0.25) is 9.59 Å². The highest BCUT2D eigenvalue weighted by molar-refractivity contribution is 8.01. The average molecular weight is 513 g/mol. The molecule has 9 heteroatoms. The van der Waals surface area contributed by atoms with Crippen LogP contribution in [-0.2, 0) is 14.3 Å². The Hall–Kier alpha value is -1.48. The highest BCUT2D eigenvalue weighted by atomic mass is 32.2. The third-order valence-electron chi connectivity index (χ3n) is 7.32. The fourth-order valence-electron chi connectivity index (χ4n) is 5.06. The zero-order valence-corrected chi connectivity index (χ0v) is 23.3. The number of nitrogens with two attached hydrogens (primary N) is 1. The van der Waals surface area contributed by atoms with Crippen molar-refractivity contribution in [3.63, 3.8) is 0 Å². The molecule has 2 fully saturated rings. The van der Waals surface area contributed by atoms with Gasteiger partial charge in [-0.05, 0) is 77.6 Å². The number of thioether (sulfide) groups is 1. The topological polar surface area (TPSA) is 114 Å². The standard InChI is InChI=1S/C26H48N4O4S/c1-6-16-34-25(33)29-22(26(4,5)35-20(7-2)8-3)24(32)30-15-9-10-21(30)23(31)28-17-18-11-13-19(27)14-12-18/h18-22H,6-17,27H2,1-5H3,(H,28,31)(H,29,33)/t18-,19-,21-,22-/m0/s1. The minimum Gasteiger partial charge on any atom is -0.450 e. The van der Waals surface area contributed by atoms with Crippen molar-refractivity contribution in [2.75, 3.05) is 19.7 Å². The van der Waals surface area contributed by atoms with Crippen LogP contribution in [0.1, 0.15) is 92.4 Å². The van der Waals surface area contributed by atoms with E-state index in [1.807, 2.05) is 20.8 Å². The second-order valence-electron chi connectivity index (χ2n) is 10.6. The first-order valence-electron chi connectivity index (χ1n) is 13.6. The normalized spacial score (nSPS) is 23.7. The summed E-state index contributed by atoms with van der Waals surface area (Å²) in [7, 11) is 0. The van der Waals surface area contributed by atoms with E-state index in [9.17, 15) is 14.4 Å². The number of hydrogen-bond acceptors (Lipinski definition) is 6. The van der Waals surface area contributed by atoms with Crippen LogP contribution in [0.3, 0.4) is 0 Å². The molecule has 0 bridgehead atoms. The molecule has 2 rings (SSSR count). The lowest BCUT2D eigenvalue weighted by Crippen LogP contribution is -2.60. The number of ether oxygens (including phenoxy) is 1. The summed E-state index contributed by atoms with van der Waals surface area (Å²) >= 11 is 1.72. The van der Waals surface area contributed by atoms with E-state index in [0.29, 0.717) is 43.7 Å². The van der Waals surface area contributed by atoms with Crippen molar-refractivity contribution < 1.29 is 19.1 Å². The Morgan fingerprint density at radius 1 is 1.09 bits per heavy atom. The Kier molecular flexibility index (Phi) is 12.2. The van der Waals surface area contributed by atoms with E-state index in [4.69, 9.17) is 10.5 Å². The molecule has 3 amide bonds. The van der Waals surface area contributed by atoms with Crippen LogP contribution in [0.4, 0.5) is 4.79 Å². The maximum absolute atomic E-state index is 13.9.